The van der Waals surface area contributed by atoms with Crippen LogP contribution in [-0.2, 0) is 10.2 Å². The summed E-state index contributed by atoms with van der Waals surface area (Å²) in [6.45, 7) is 15.3. The van der Waals surface area contributed by atoms with E-state index in [-0.39, 0.29) is 28.0 Å². The standard InChI is InChI=1S/C18H30N4O3/c1-12-13(15(24)21-16(20-12)17(2,3)4)14(23)19-11-18(5,6)22-7-9-25-10-8-22/h7-11H2,1-6H3,(H,19,23)(H,20,21,24). The zero-order valence-corrected chi connectivity index (χ0v) is 16.2. The Balaban J connectivity index is 2.12. The molecule has 1 saturated heterocycles. The maximum Gasteiger partial charge on any atom is 0.264 e. The minimum Gasteiger partial charge on any atom is -0.379 e. The first-order valence-corrected chi connectivity index (χ1v) is 8.75. The van der Waals surface area contributed by atoms with Crippen molar-refractivity contribution in [3.8, 4) is 0 Å². The molecule has 7 heteroatoms. The number of hydrogen-bond donors (Lipinski definition) is 2. The molecule has 1 amide bonds. The summed E-state index contributed by atoms with van der Waals surface area (Å²) < 4.78 is 5.38. The maximum absolute atomic E-state index is 12.6. The molecule has 0 radical (unpaired) electrons. The van der Waals surface area contributed by atoms with E-state index < -0.39 is 0 Å². The molecular formula is C18H30N4O3. The average Bonchev–Trinajstić information content (AvgIpc) is 2.52. The quantitative estimate of drug-likeness (QED) is 0.852. The normalized spacial score (nSPS) is 16.7. The molecule has 0 aromatic carbocycles. The topological polar surface area (TPSA) is 87.3 Å². The van der Waals surface area contributed by atoms with Crippen LogP contribution in [0.5, 0.6) is 0 Å². The fraction of sp³-hybridized carbons (Fsp3) is 0.722. The van der Waals surface area contributed by atoms with Crippen molar-refractivity contribution >= 4 is 5.91 Å². The van der Waals surface area contributed by atoms with Crippen molar-refractivity contribution in [2.45, 2.75) is 52.5 Å². The largest absolute Gasteiger partial charge is 0.379 e. The van der Waals surface area contributed by atoms with Gasteiger partial charge in [-0.2, -0.15) is 0 Å². The van der Waals surface area contributed by atoms with E-state index >= 15 is 0 Å². The fourth-order valence-electron chi connectivity index (χ4n) is 2.87. The molecular weight excluding hydrogens is 320 g/mol. The zero-order valence-electron chi connectivity index (χ0n) is 16.2. The SMILES string of the molecule is Cc1nc(C(C)(C)C)[nH]c(=O)c1C(=O)NCC(C)(C)N1CCOCC1. The van der Waals surface area contributed by atoms with E-state index in [0.29, 0.717) is 31.3 Å². The molecule has 1 aromatic rings. The summed E-state index contributed by atoms with van der Waals surface area (Å²) in [5.74, 6) is 0.202. The fourth-order valence-corrected chi connectivity index (χ4v) is 2.87. The first-order chi connectivity index (χ1) is 11.5. The lowest BCUT2D eigenvalue weighted by Crippen LogP contribution is -2.55. The molecule has 0 aliphatic carbocycles. The molecule has 1 aromatic heterocycles. The summed E-state index contributed by atoms with van der Waals surface area (Å²) in [6.07, 6.45) is 0. The number of rotatable bonds is 4. The Morgan fingerprint density at radius 2 is 1.84 bits per heavy atom. The smallest absolute Gasteiger partial charge is 0.264 e. The van der Waals surface area contributed by atoms with Gasteiger partial charge in [-0.15, -0.1) is 0 Å². The van der Waals surface area contributed by atoms with Gasteiger partial charge in [0.15, 0.2) is 0 Å². The highest BCUT2D eigenvalue weighted by Gasteiger charge is 2.29. The third kappa shape index (κ3) is 4.67. The van der Waals surface area contributed by atoms with Gasteiger partial charge in [0.25, 0.3) is 11.5 Å². The van der Waals surface area contributed by atoms with Crippen LogP contribution in [0, 0.1) is 6.92 Å². The van der Waals surface area contributed by atoms with Crippen LogP contribution >= 0.6 is 0 Å². The van der Waals surface area contributed by atoms with Crippen molar-refractivity contribution in [3.05, 3.63) is 27.4 Å². The highest BCUT2D eigenvalue weighted by molar-refractivity contribution is 5.94. The molecule has 1 fully saturated rings. The van der Waals surface area contributed by atoms with E-state index in [4.69, 9.17) is 4.74 Å². The van der Waals surface area contributed by atoms with Crippen LogP contribution in [0.1, 0.15) is 56.5 Å². The van der Waals surface area contributed by atoms with E-state index in [1.807, 2.05) is 20.8 Å². The molecule has 2 rings (SSSR count). The molecule has 0 saturated carbocycles. The van der Waals surface area contributed by atoms with Gasteiger partial charge in [-0.05, 0) is 20.8 Å². The van der Waals surface area contributed by atoms with E-state index in [2.05, 4.69) is 34.0 Å². The number of carbonyl (C=O) groups is 1. The predicted molar refractivity (Wildman–Crippen MR) is 97.1 cm³/mol. The Hall–Kier alpha value is -1.73. The van der Waals surface area contributed by atoms with Gasteiger partial charge in [0.05, 0.1) is 18.9 Å². The van der Waals surface area contributed by atoms with Gasteiger partial charge in [-0.25, -0.2) is 4.98 Å². The number of hydrogen-bond acceptors (Lipinski definition) is 5. The van der Waals surface area contributed by atoms with E-state index in [0.717, 1.165) is 13.1 Å². The first-order valence-electron chi connectivity index (χ1n) is 8.75. The lowest BCUT2D eigenvalue weighted by atomic mass is 9.95. The number of aromatic amines is 1. The van der Waals surface area contributed by atoms with Gasteiger partial charge in [0.2, 0.25) is 0 Å². The molecule has 140 valence electrons. The molecule has 0 unspecified atom stereocenters. The second-order valence-electron chi connectivity index (χ2n) is 8.22. The number of morpholine rings is 1. The Kier molecular flexibility index (Phi) is 5.68. The molecule has 1 aliphatic heterocycles. The minimum absolute atomic E-state index is 0.0887. The molecule has 0 atom stereocenters. The third-order valence-electron chi connectivity index (χ3n) is 4.59. The summed E-state index contributed by atoms with van der Waals surface area (Å²) in [5, 5.41) is 2.89. The molecule has 1 aliphatic rings. The minimum atomic E-state index is -0.390. The number of nitrogens with zero attached hydrogens (tertiary/aromatic N) is 2. The predicted octanol–water partition coefficient (Wildman–Crippen LogP) is 1.22. The molecule has 2 N–H and O–H groups in total. The number of H-pyrrole nitrogens is 1. The number of amides is 1. The van der Waals surface area contributed by atoms with E-state index in [9.17, 15) is 9.59 Å². The Morgan fingerprint density at radius 1 is 1.24 bits per heavy atom. The first kappa shape index (κ1) is 19.6. The Bertz CT molecular complexity index is 683. The van der Waals surface area contributed by atoms with Crippen LogP contribution in [0.4, 0.5) is 0 Å². The molecule has 2 heterocycles. The van der Waals surface area contributed by atoms with Crippen molar-refractivity contribution in [2.75, 3.05) is 32.8 Å². The number of nitrogens with one attached hydrogen (secondary N) is 2. The number of carbonyl (C=O) groups excluding carboxylic acids is 1. The molecule has 0 bridgehead atoms. The summed E-state index contributed by atoms with van der Waals surface area (Å²) >= 11 is 0. The van der Waals surface area contributed by atoms with Crippen molar-refractivity contribution in [2.24, 2.45) is 0 Å². The van der Waals surface area contributed by atoms with Crippen molar-refractivity contribution in [1.29, 1.82) is 0 Å². The van der Waals surface area contributed by atoms with Crippen LogP contribution in [0.3, 0.4) is 0 Å². The monoisotopic (exact) mass is 350 g/mol. The van der Waals surface area contributed by atoms with Crippen molar-refractivity contribution in [1.82, 2.24) is 20.2 Å². The molecule has 25 heavy (non-hydrogen) atoms. The van der Waals surface area contributed by atoms with Gasteiger partial charge in [0.1, 0.15) is 11.4 Å². The van der Waals surface area contributed by atoms with Gasteiger partial charge in [0, 0.05) is 30.6 Å². The average molecular weight is 350 g/mol. The molecule has 7 nitrogen and oxygen atoms in total. The van der Waals surface area contributed by atoms with Crippen molar-refractivity contribution in [3.63, 3.8) is 0 Å². The Labute approximate surface area is 149 Å². The van der Waals surface area contributed by atoms with Gasteiger partial charge < -0.3 is 15.0 Å². The Morgan fingerprint density at radius 3 is 2.36 bits per heavy atom. The van der Waals surface area contributed by atoms with Crippen LogP contribution in [0.15, 0.2) is 4.79 Å². The maximum atomic E-state index is 12.6. The lowest BCUT2D eigenvalue weighted by molar-refractivity contribution is -0.00924. The van der Waals surface area contributed by atoms with Crippen LogP contribution in [0.2, 0.25) is 0 Å². The number of ether oxygens (including phenoxy) is 1. The number of aromatic nitrogens is 2. The number of aryl methyl sites for hydroxylation is 1. The van der Waals surface area contributed by atoms with Gasteiger partial charge in [-0.3, -0.25) is 14.5 Å². The highest BCUT2D eigenvalue weighted by atomic mass is 16.5. The van der Waals surface area contributed by atoms with E-state index in [1.165, 1.54) is 0 Å². The van der Waals surface area contributed by atoms with Crippen molar-refractivity contribution < 1.29 is 9.53 Å². The third-order valence-corrected chi connectivity index (χ3v) is 4.59. The molecule has 0 spiro atoms. The van der Waals surface area contributed by atoms with Crippen LogP contribution < -0.4 is 10.9 Å². The lowest BCUT2D eigenvalue weighted by Gasteiger charge is -2.40. The van der Waals surface area contributed by atoms with Crippen LogP contribution in [-0.4, -0.2) is 59.2 Å². The zero-order chi connectivity index (χ0) is 18.8. The van der Waals surface area contributed by atoms with Gasteiger partial charge in [-0.1, -0.05) is 20.8 Å². The summed E-state index contributed by atoms with van der Waals surface area (Å²) in [7, 11) is 0. The second-order valence-corrected chi connectivity index (χ2v) is 8.22. The van der Waals surface area contributed by atoms with Gasteiger partial charge >= 0.3 is 0 Å². The van der Waals surface area contributed by atoms with Crippen LogP contribution in [0.25, 0.3) is 0 Å². The summed E-state index contributed by atoms with van der Waals surface area (Å²) in [6, 6.07) is 0. The van der Waals surface area contributed by atoms with E-state index in [1.54, 1.807) is 6.92 Å². The summed E-state index contributed by atoms with van der Waals surface area (Å²) in [5.41, 5.74) is -0.337. The second kappa shape index (κ2) is 7.25. The summed E-state index contributed by atoms with van der Waals surface area (Å²) in [4.78, 5) is 34.4. The highest BCUT2D eigenvalue weighted by Crippen LogP contribution is 2.18.